The topological polar surface area (TPSA) is 57.0 Å². The molecule has 1 saturated carbocycles. The van der Waals surface area contributed by atoms with E-state index in [9.17, 15) is 4.79 Å². The number of aromatic nitrogens is 3. The molecule has 5 nitrogen and oxygen atoms in total. The largest absolute Gasteiger partial charge is 0.383 e. The fourth-order valence-corrected chi connectivity index (χ4v) is 3.94. The summed E-state index contributed by atoms with van der Waals surface area (Å²) in [7, 11) is 0. The van der Waals surface area contributed by atoms with Crippen LogP contribution in [0.25, 0.3) is 16.5 Å². The molecule has 122 valence electrons. The van der Waals surface area contributed by atoms with E-state index in [0.717, 1.165) is 23.1 Å². The zero-order valence-corrected chi connectivity index (χ0v) is 15.3. The van der Waals surface area contributed by atoms with E-state index in [2.05, 4.69) is 56.5 Å². The maximum atomic E-state index is 11.1. The van der Waals surface area contributed by atoms with E-state index in [1.165, 1.54) is 30.7 Å². The molecule has 3 aromatic rings. The lowest BCUT2D eigenvalue weighted by atomic mass is 9.99. The van der Waals surface area contributed by atoms with Gasteiger partial charge in [0.1, 0.15) is 12.0 Å². The number of carbonyl (C=O) groups excluding carboxylic acids is 1. The Bertz CT molecular complexity index is 937. The third kappa shape index (κ3) is 2.82. The van der Waals surface area contributed by atoms with E-state index in [-0.39, 0.29) is 5.97 Å². The Morgan fingerprint density at radius 3 is 2.67 bits per heavy atom. The van der Waals surface area contributed by atoms with Crippen LogP contribution in [-0.2, 0) is 8.98 Å². The van der Waals surface area contributed by atoms with Gasteiger partial charge in [-0.3, -0.25) is 9.36 Å². The second-order valence-electron chi connectivity index (χ2n) is 5.74. The molecule has 1 aliphatic carbocycles. The highest BCUT2D eigenvalue weighted by atomic mass is 79.9. The average molecular weight is 404 g/mol. The quantitative estimate of drug-likeness (QED) is 0.594. The highest BCUT2D eigenvalue weighted by molar-refractivity contribution is 9.10. The zero-order valence-electron chi connectivity index (χ0n) is 12.9. The molecule has 0 N–H and O–H groups in total. The Morgan fingerprint density at radius 1 is 1.21 bits per heavy atom. The summed E-state index contributed by atoms with van der Waals surface area (Å²) in [6.45, 7) is 1.36. The third-order valence-corrected chi connectivity index (χ3v) is 5.26. The molecule has 7 heteroatoms. The molecule has 0 aliphatic heterocycles. The lowest BCUT2D eigenvalue weighted by molar-refractivity contribution is -0.130. The van der Waals surface area contributed by atoms with Gasteiger partial charge in [-0.05, 0) is 51.7 Å². The van der Waals surface area contributed by atoms with Gasteiger partial charge in [-0.2, -0.15) is 0 Å². The fourth-order valence-electron chi connectivity index (χ4n) is 2.86. The summed E-state index contributed by atoms with van der Waals surface area (Å²) in [4.78, 5) is 11.1. The number of benzene rings is 2. The third-order valence-electron chi connectivity index (χ3n) is 4.02. The van der Waals surface area contributed by atoms with Crippen LogP contribution in [0.15, 0.2) is 46.3 Å². The minimum atomic E-state index is -0.375. The van der Waals surface area contributed by atoms with Crippen molar-refractivity contribution in [1.82, 2.24) is 14.8 Å². The number of fused-ring (bicyclic) bond motifs is 1. The molecule has 1 heterocycles. The Hall–Kier alpha value is -1.86. The molecule has 0 saturated heterocycles. The van der Waals surface area contributed by atoms with Crippen molar-refractivity contribution in [3.05, 3.63) is 46.7 Å². The molecular weight excluding hydrogens is 390 g/mol. The molecule has 1 aromatic heterocycles. The number of nitrogens with zero attached hydrogens (tertiary/aromatic N) is 3. The maximum absolute atomic E-state index is 11.1. The maximum Gasteiger partial charge on any atom is 0.315 e. The molecule has 0 radical (unpaired) electrons. The highest BCUT2D eigenvalue weighted by Gasteiger charge is 2.26. The minimum Gasteiger partial charge on any atom is -0.383 e. The molecule has 0 atom stereocenters. The van der Waals surface area contributed by atoms with Crippen LogP contribution in [0.5, 0.6) is 0 Å². The smallest absolute Gasteiger partial charge is 0.315 e. The van der Waals surface area contributed by atoms with Crippen LogP contribution >= 0.6 is 28.0 Å². The summed E-state index contributed by atoms with van der Waals surface area (Å²) >= 11 is 4.35. The van der Waals surface area contributed by atoms with Crippen molar-refractivity contribution in [1.29, 1.82) is 0 Å². The van der Waals surface area contributed by atoms with Crippen LogP contribution < -0.4 is 0 Å². The first kappa shape index (κ1) is 15.7. The summed E-state index contributed by atoms with van der Waals surface area (Å²) in [5.74, 6) is 0.294. The van der Waals surface area contributed by atoms with Gasteiger partial charge < -0.3 is 4.18 Å². The first-order valence-corrected chi connectivity index (χ1v) is 9.16. The fraction of sp³-hybridized carbons (Fsp3) is 0.235. The van der Waals surface area contributed by atoms with Crippen LogP contribution in [0.1, 0.15) is 31.2 Å². The first-order valence-electron chi connectivity index (χ1n) is 7.63. The molecule has 0 bridgehead atoms. The lowest BCUT2D eigenvalue weighted by Crippen LogP contribution is -2.01. The van der Waals surface area contributed by atoms with E-state index in [0.29, 0.717) is 15.8 Å². The number of hydrogen-bond acceptors (Lipinski definition) is 5. The highest BCUT2D eigenvalue weighted by Crippen LogP contribution is 2.44. The molecule has 2 aromatic carbocycles. The van der Waals surface area contributed by atoms with Gasteiger partial charge in [-0.25, -0.2) is 0 Å². The van der Waals surface area contributed by atoms with E-state index < -0.39 is 0 Å². The van der Waals surface area contributed by atoms with Crippen molar-refractivity contribution in [2.24, 2.45) is 0 Å². The standard InChI is InChI=1S/C17H14BrN3O2S/c1-10(22)23-24-17-20-19-16(18)21(17)15-9-8-12(11-6-7-11)13-4-2-3-5-14(13)15/h2-5,8-9,11H,6-7H2,1H3. The monoisotopic (exact) mass is 403 g/mol. The summed E-state index contributed by atoms with van der Waals surface area (Å²) in [5.41, 5.74) is 2.36. The predicted molar refractivity (Wildman–Crippen MR) is 96.2 cm³/mol. The summed E-state index contributed by atoms with van der Waals surface area (Å²) < 4.78 is 7.45. The Kier molecular flexibility index (Phi) is 4.05. The van der Waals surface area contributed by atoms with Gasteiger partial charge in [0.25, 0.3) is 0 Å². The van der Waals surface area contributed by atoms with Crippen LogP contribution in [-0.4, -0.2) is 20.7 Å². The molecule has 1 aliphatic rings. The zero-order chi connectivity index (χ0) is 16.7. The molecule has 1 fully saturated rings. The van der Waals surface area contributed by atoms with Crippen molar-refractivity contribution >= 4 is 44.7 Å². The Balaban J connectivity index is 1.87. The van der Waals surface area contributed by atoms with Gasteiger partial charge in [0, 0.05) is 12.3 Å². The van der Waals surface area contributed by atoms with Crippen LogP contribution in [0.3, 0.4) is 0 Å². The Morgan fingerprint density at radius 2 is 1.96 bits per heavy atom. The number of rotatable bonds is 4. The molecule has 0 unspecified atom stereocenters. The van der Waals surface area contributed by atoms with Gasteiger partial charge in [-0.15, -0.1) is 10.2 Å². The molecule has 4 rings (SSSR count). The van der Waals surface area contributed by atoms with Gasteiger partial charge in [0.2, 0.25) is 9.89 Å². The van der Waals surface area contributed by atoms with Crippen molar-refractivity contribution in [3.63, 3.8) is 0 Å². The number of carbonyl (C=O) groups is 1. The summed E-state index contributed by atoms with van der Waals surface area (Å²) in [6.07, 6.45) is 2.51. The average Bonchev–Trinajstić information content (AvgIpc) is 3.35. The van der Waals surface area contributed by atoms with Gasteiger partial charge in [-0.1, -0.05) is 30.3 Å². The van der Waals surface area contributed by atoms with Crippen LogP contribution in [0.2, 0.25) is 0 Å². The van der Waals surface area contributed by atoms with Crippen molar-refractivity contribution < 1.29 is 8.98 Å². The SMILES string of the molecule is CC(=O)OSc1nnc(Br)n1-c1ccc(C2CC2)c2ccccc12. The first-order chi connectivity index (χ1) is 11.6. The lowest BCUT2D eigenvalue weighted by Gasteiger charge is -2.13. The van der Waals surface area contributed by atoms with E-state index in [1.807, 2.05) is 10.6 Å². The number of halogens is 1. The van der Waals surface area contributed by atoms with E-state index in [4.69, 9.17) is 4.18 Å². The molecule has 0 amide bonds. The van der Waals surface area contributed by atoms with Crippen molar-refractivity contribution in [2.75, 3.05) is 0 Å². The normalized spacial score (nSPS) is 14.1. The minimum absolute atomic E-state index is 0.375. The second kappa shape index (κ2) is 6.22. The Labute approximate surface area is 151 Å². The van der Waals surface area contributed by atoms with Crippen molar-refractivity contribution in [3.8, 4) is 5.69 Å². The predicted octanol–water partition coefficient (Wildman–Crippen LogP) is 4.63. The number of hydrogen-bond donors (Lipinski definition) is 0. The van der Waals surface area contributed by atoms with E-state index in [1.54, 1.807) is 0 Å². The summed E-state index contributed by atoms with van der Waals surface area (Å²) in [6, 6.07) is 12.6. The summed E-state index contributed by atoms with van der Waals surface area (Å²) in [5, 5.41) is 11.0. The molecular formula is C17H14BrN3O2S. The van der Waals surface area contributed by atoms with Gasteiger partial charge in [0.15, 0.2) is 0 Å². The van der Waals surface area contributed by atoms with Gasteiger partial charge >= 0.3 is 5.97 Å². The molecule has 24 heavy (non-hydrogen) atoms. The van der Waals surface area contributed by atoms with Crippen LogP contribution in [0, 0.1) is 0 Å². The second-order valence-corrected chi connectivity index (χ2v) is 7.15. The molecule has 0 spiro atoms. The van der Waals surface area contributed by atoms with Crippen molar-refractivity contribution in [2.45, 2.75) is 30.8 Å². The van der Waals surface area contributed by atoms with E-state index >= 15 is 0 Å². The van der Waals surface area contributed by atoms with Crippen LogP contribution in [0.4, 0.5) is 0 Å². The van der Waals surface area contributed by atoms with Gasteiger partial charge in [0.05, 0.1) is 5.69 Å².